The van der Waals surface area contributed by atoms with Crippen LogP contribution in [0.1, 0.15) is 28.8 Å². The molecule has 0 saturated heterocycles. The lowest BCUT2D eigenvalue weighted by molar-refractivity contribution is -0.139. The number of carbonyl (C=O) groups is 2. The minimum atomic E-state index is -1.09. The molecule has 1 heterocycles. The van der Waals surface area contributed by atoms with Crippen molar-refractivity contribution < 1.29 is 14.7 Å². The van der Waals surface area contributed by atoms with Crippen molar-refractivity contribution >= 4 is 22.6 Å². The van der Waals surface area contributed by atoms with Gasteiger partial charge in [0.1, 0.15) is 11.9 Å². The van der Waals surface area contributed by atoms with Crippen LogP contribution in [0.3, 0.4) is 0 Å². The van der Waals surface area contributed by atoms with Gasteiger partial charge in [-0.25, -0.2) is 9.78 Å². The number of nitrogens with one attached hydrogen (secondary N) is 2. The van der Waals surface area contributed by atoms with Crippen molar-refractivity contribution in [1.29, 1.82) is 0 Å². The molecule has 6 heteroatoms. The van der Waals surface area contributed by atoms with Gasteiger partial charge in [0.05, 0.1) is 0 Å². The summed E-state index contributed by atoms with van der Waals surface area (Å²) in [4.78, 5) is 31.2. The highest BCUT2D eigenvalue weighted by molar-refractivity contribution is 6.00. The van der Waals surface area contributed by atoms with E-state index < -0.39 is 17.9 Å². The lowest BCUT2D eigenvalue weighted by atomic mass is 10.1. The molecule has 25 heavy (non-hydrogen) atoms. The molecular formula is C19H19N3O3. The first kappa shape index (κ1) is 16.7. The van der Waals surface area contributed by atoms with Gasteiger partial charge in [0.2, 0.25) is 0 Å². The van der Waals surface area contributed by atoms with Crippen molar-refractivity contribution in [3.63, 3.8) is 0 Å². The molecule has 1 atom stereocenters. The van der Waals surface area contributed by atoms with Gasteiger partial charge < -0.3 is 15.4 Å². The van der Waals surface area contributed by atoms with Crippen molar-refractivity contribution in [3.05, 3.63) is 65.7 Å². The summed E-state index contributed by atoms with van der Waals surface area (Å²) in [6.45, 7) is 1.98. The molecular weight excluding hydrogens is 318 g/mol. The van der Waals surface area contributed by atoms with Gasteiger partial charge >= 0.3 is 5.97 Å². The fraction of sp³-hybridized carbons (Fsp3) is 0.211. The molecule has 0 aliphatic carbocycles. The zero-order valence-electron chi connectivity index (χ0n) is 13.8. The minimum absolute atomic E-state index is 0.106. The largest absolute Gasteiger partial charge is 0.480 e. The van der Waals surface area contributed by atoms with Gasteiger partial charge in [0.25, 0.3) is 5.91 Å². The van der Waals surface area contributed by atoms with Gasteiger partial charge in [0, 0.05) is 23.9 Å². The quantitative estimate of drug-likeness (QED) is 0.644. The molecule has 0 saturated carbocycles. The van der Waals surface area contributed by atoms with Crippen LogP contribution < -0.4 is 5.32 Å². The van der Waals surface area contributed by atoms with Crippen molar-refractivity contribution in [2.24, 2.45) is 0 Å². The Bertz CT molecular complexity index is 917. The molecule has 1 unspecified atom stereocenters. The lowest BCUT2D eigenvalue weighted by Gasteiger charge is -2.13. The third-order valence-corrected chi connectivity index (χ3v) is 4.07. The predicted molar refractivity (Wildman–Crippen MR) is 94.5 cm³/mol. The van der Waals surface area contributed by atoms with Gasteiger partial charge in [-0.1, -0.05) is 37.3 Å². The Kier molecular flexibility index (Phi) is 4.79. The Morgan fingerprint density at radius 2 is 1.96 bits per heavy atom. The molecule has 1 aromatic heterocycles. The van der Waals surface area contributed by atoms with Gasteiger partial charge in [0.15, 0.2) is 0 Å². The number of benzene rings is 2. The highest BCUT2D eigenvalue weighted by atomic mass is 16.4. The third kappa shape index (κ3) is 3.85. The third-order valence-electron chi connectivity index (χ3n) is 4.07. The lowest BCUT2D eigenvalue weighted by Crippen LogP contribution is -2.42. The van der Waals surface area contributed by atoms with E-state index >= 15 is 0 Å². The number of carboxylic acid groups (broad SMARTS) is 1. The highest BCUT2D eigenvalue weighted by Gasteiger charge is 2.22. The maximum absolute atomic E-state index is 12.4. The molecule has 0 aliphatic heterocycles. The second kappa shape index (κ2) is 7.17. The number of fused-ring (bicyclic) bond motifs is 1. The van der Waals surface area contributed by atoms with Crippen molar-refractivity contribution in [3.8, 4) is 0 Å². The van der Waals surface area contributed by atoms with Crippen LogP contribution in [0.4, 0.5) is 0 Å². The van der Waals surface area contributed by atoms with Crippen LogP contribution in [-0.2, 0) is 17.6 Å². The van der Waals surface area contributed by atoms with Gasteiger partial charge in [-0.2, -0.15) is 0 Å². The molecule has 3 aromatic rings. The smallest absolute Gasteiger partial charge is 0.326 e. The Morgan fingerprint density at radius 1 is 1.20 bits per heavy atom. The molecule has 0 spiro atoms. The van der Waals surface area contributed by atoms with Crippen LogP contribution in [0.5, 0.6) is 0 Å². The summed E-state index contributed by atoms with van der Waals surface area (Å²) < 4.78 is 0. The number of carboxylic acids is 1. The molecule has 3 rings (SSSR count). The van der Waals surface area contributed by atoms with Gasteiger partial charge in [-0.05, 0) is 29.3 Å². The number of aryl methyl sites for hydroxylation is 1. The fourth-order valence-electron chi connectivity index (χ4n) is 2.65. The predicted octanol–water partition coefficient (Wildman–Crippen LogP) is 2.55. The summed E-state index contributed by atoms with van der Waals surface area (Å²) in [5.74, 6) is -0.966. The van der Waals surface area contributed by atoms with Crippen molar-refractivity contribution in [2.75, 3.05) is 0 Å². The highest BCUT2D eigenvalue weighted by Crippen LogP contribution is 2.16. The number of hydrogen-bond acceptors (Lipinski definition) is 3. The van der Waals surface area contributed by atoms with Crippen LogP contribution in [0, 0.1) is 0 Å². The van der Waals surface area contributed by atoms with E-state index in [1.54, 1.807) is 18.3 Å². The van der Waals surface area contributed by atoms with Crippen molar-refractivity contribution in [2.45, 2.75) is 25.8 Å². The summed E-state index contributed by atoms with van der Waals surface area (Å²) in [6.07, 6.45) is 2.57. The summed E-state index contributed by atoms with van der Waals surface area (Å²) in [6, 6.07) is 11.9. The van der Waals surface area contributed by atoms with E-state index in [0.717, 1.165) is 22.9 Å². The number of carbonyl (C=O) groups excluding carboxylic acids is 1. The first-order valence-electron chi connectivity index (χ1n) is 8.12. The Balaban J connectivity index is 1.76. The number of rotatable bonds is 6. The molecule has 0 bridgehead atoms. The van der Waals surface area contributed by atoms with Crippen LogP contribution >= 0.6 is 0 Å². The topological polar surface area (TPSA) is 95.1 Å². The van der Waals surface area contributed by atoms with E-state index in [9.17, 15) is 14.7 Å². The minimum Gasteiger partial charge on any atom is -0.480 e. The molecule has 0 fully saturated rings. The zero-order chi connectivity index (χ0) is 17.8. The number of aliphatic carboxylic acids is 1. The number of H-pyrrole nitrogens is 1. The monoisotopic (exact) mass is 337 g/mol. The standard InChI is InChI=1S/C19H19N3O3/c1-2-15-11-20-17(21-15)10-16(19(24)25)22-18(23)14-8-7-12-5-3-4-6-13(12)9-14/h3-9,11,16H,2,10H2,1H3,(H,20,21)(H,22,23)(H,24,25). The van der Waals surface area contributed by atoms with Gasteiger partial charge in [-0.3, -0.25) is 4.79 Å². The van der Waals surface area contributed by atoms with Crippen LogP contribution in [0.2, 0.25) is 0 Å². The van der Waals surface area contributed by atoms with Crippen LogP contribution in [0.25, 0.3) is 10.8 Å². The second-order valence-corrected chi connectivity index (χ2v) is 5.84. The van der Waals surface area contributed by atoms with Crippen molar-refractivity contribution in [1.82, 2.24) is 15.3 Å². The van der Waals surface area contributed by atoms with E-state index in [2.05, 4.69) is 15.3 Å². The van der Waals surface area contributed by atoms with E-state index in [-0.39, 0.29) is 6.42 Å². The normalized spacial score (nSPS) is 12.0. The second-order valence-electron chi connectivity index (χ2n) is 5.84. The van der Waals surface area contributed by atoms with Gasteiger partial charge in [-0.15, -0.1) is 0 Å². The summed E-state index contributed by atoms with van der Waals surface area (Å²) in [5.41, 5.74) is 1.36. The number of amides is 1. The SMILES string of the molecule is CCc1cnc(CC(NC(=O)c2ccc3ccccc3c2)C(=O)O)[nH]1. The molecule has 128 valence electrons. The first-order chi connectivity index (χ1) is 12.1. The summed E-state index contributed by atoms with van der Waals surface area (Å²) >= 11 is 0. The number of imidazole rings is 1. The average molecular weight is 337 g/mol. The maximum atomic E-state index is 12.4. The average Bonchev–Trinajstić information content (AvgIpc) is 3.08. The molecule has 3 N–H and O–H groups in total. The Morgan fingerprint density at radius 3 is 2.64 bits per heavy atom. The first-order valence-corrected chi connectivity index (χ1v) is 8.12. The van der Waals surface area contributed by atoms with E-state index in [1.165, 1.54) is 0 Å². The fourth-order valence-corrected chi connectivity index (χ4v) is 2.65. The van der Waals surface area contributed by atoms with E-state index in [4.69, 9.17) is 0 Å². The molecule has 1 amide bonds. The van der Waals surface area contributed by atoms with E-state index in [1.807, 2.05) is 37.3 Å². The zero-order valence-corrected chi connectivity index (χ0v) is 13.8. The summed E-state index contributed by atoms with van der Waals surface area (Å²) in [7, 11) is 0. The maximum Gasteiger partial charge on any atom is 0.326 e. The molecule has 6 nitrogen and oxygen atoms in total. The van der Waals surface area contributed by atoms with Crippen LogP contribution in [0.15, 0.2) is 48.7 Å². The number of nitrogens with zero attached hydrogens (tertiary/aromatic N) is 1. The summed E-state index contributed by atoms with van der Waals surface area (Å²) in [5, 5.41) is 13.9. The number of aromatic nitrogens is 2. The Labute approximate surface area is 144 Å². The molecule has 0 radical (unpaired) electrons. The molecule has 0 aliphatic rings. The molecule has 2 aromatic carbocycles. The number of hydrogen-bond donors (Lipinski definition) is 3. The Hall–Kier alpha value is -3.15. The van der Waals surface area contributed by atoms with E-state index in [0.29, 0.717) is 11.4 Å². The van der Waals surface area contributed by atoms with Crippen LogP contribution in [-0.4, -0.2) is 33.0 Å². The number of aromatic amines is 1.